The third-order valence-electron chi connectivity index (χ3n) is 5.61. The first-order chi connectivity index (χ1) is 17.5. The third kappa shape index (κ3) is 6.55. The molecular formula is C23H21ClF6N4O4. The smallest absolute Gasteiger partial charge is 0.394 e. The number of nitrogens with zero attached hydrogens (tertiary/aromatic N) is 3. The minimum atomic E-state index is -5.05. The Labute approximate surface area is 216 Å². The number of aromatic nitrogens is 3. The van der Waals surface area contributed by atoms with Crippen LogP contribution in [0.3, 0.4) is 0 Å². The summed E-state index contributed by atoms with van der Waals surface area (Å²) in [6.07, 6.45) is -12.7. The maximum atomic E-state index is 13.1. The number of hydrogen-bond acceptors (Lipinski definition) is 5. The van der Waals surface area contributed by atoms with Crippen LogP contribution < -0.4 is 11.0 Å². The van der Waals surface area contributed by atoms with Crippen molar-refractivity contribution in [2.75, 3.05) is 6.61 Å². The summed E-state index contributed by atoms with van der Waals surface area (Å²) in [6, 6.07) is 9.40. The van der Waals surface area contributed by atoms with Crippen molar-refractivity contribution in [3.63, 3.8) is 0 Å². The molecule has 1 heterocycles. The van der Waals surface area contributed by atoms with Crippen molar-refractivity contribution in [1.29, 1.82) is 0 Å². The van der Waals surface area contributed by atoms with E-state index < -0.39 is 60.9 Å². The first kappa shape index (κ1) is 29.2. The SMILES string of the molecule is CC(CO)(NC(=O)Cn1nc(-c2ccc(Cl)cc2)n(CC(O)C(F)(F)F)c1=O)c1cccc(C(F)(F)F)c1. The topological polar surface area (TPSA) is 109 Å². The Morgan fingerprint density at radius 3 is 2.24 bits per heavy atom. The van der Waals surface area contributed by atoms with Crippen LogP contribution >= 0.6 is 11.6 Å². The molecule has 15 heteroatoms. The normalized spacial score (nSPS) is 14.7. The number of hydrogen-bond donors (Lipinski definition) is 3. The minimum absolute atomic E-state index is 0.0868. The summed E-state index contributed by atoms with van der Waals surface area (Å²) in [5.74, 6) is -1.28. The monoisotopic (exact) mass is 566 g/mol. The number of alkyl halides is 6. The van der Waals surface area contributed by atoms with Crippen molar-refractivity contribution < 1.29 is 41.4 Å². The minimum Gasteiger partial charge on any atom is -0.394 e. The molecule has 2 aromatic carbocycles. The lowest BCUT2D eigenvalue weighted by atomic mass is 9.91. The van der Waals surface area contributed by atoms with Crippen LogP contribution in [-0.4, -0.2) is 49.4 Å². The molecule has 206 valence electrons. The van der Waals surface area contributed by atoms with Gasteiger partial charge >= 0.3 is 18.0 Å². The van der Waals surface area contributed by atoms with E-state index in [0.717, 1.165) is 18.2 Å². The molecular weight excluding hydrogens is 546 g/mol. The van der Waals surface area contributed by atoms with Gasteiger partial charge in [-0.05, 0) is 48.9 Å². The Bertz CT molecular complexity index is 1350. The number of carbonyl (C=O) groups is 1. The lowest BCUT2D eigenvalue weighted by molar-refractivity contribution is -0.207. The van der Waals surface area contributed by atoms with E-state index in [1.807, 2.05) is 0 Å². The van der Waals surface area contributed by atoms with Crippen LogP contribution in [0.1, 0.15) is 18.1 Å². The molecule has 0 saturated carbocycles. The second-order valence-electron chi connectivity index (χ2n) is 8.56. The number of aliphatic hydroxyl groups is 2. The molecule has 2 atom stereocenters. The zero-order valence-corrected chi connectivity index (χ0v) is 20.3. The van der Waals surface area contributed by atoms with Crippen LogP contribution in [-0.2, 0) is 29.6 Å². The molecule has 0 bridgehead atoms. The van der Waals surface area contributed by atoms with E-state index in [9.17, 15) is 46.1 Å². The summed E-state index contributed by atoms with van der Waals surface area (Å²) in [6.45, 7) is -1.65. The molecule has 1 amide bonds. The molecule has 38 heavy (non-hydrogen) atoms. The van der Waals surface area contributed by atoms with Gasteiger partial charge < -0.3 is 15.5 Å². The van der Waals surface area contributed by atoms with Crippen molar-refractivity contribution >= 4 is 17.5 Å². The number of benzene rings is 2. The van der Waals surface area contributed by atoms with E-state index in [4.69, 9.17) is 11.6 Å². The molecule has 3 aromatic rings. The molecule has 0 saturated heterocycles. The zero-order valence-electron chi connectivity index (χ0n) is 19.5. The van der Waals surface area contributed by atoms with Crippen molar-refractivity contribution in [2.45, 2.75) is 44.0 Å². The average Bonchev–Trinajstić information content (AvgIpc) is 3.13. The quantitative estimate of drug-likeness (QED) is 0.363. The predicted molar refractivity (Wildman–Crippen MR) is 123 cm³/mol. The van der Waals surface area contributed by atoms with Crippen LogP contribution in [0, 0.1) is 0 Å². The summed E-state index contributed by atoms with van der Waals surface area (Å²) >= 11 is 5.83. The van der Waals surface area contributed by atoms with Gasteiger partial charge in [0.15, 0.2) is 11.9 Å². The molecule has 2 unspecified atom stereocenters. The van der Waals surface area contributed by atoms with Gasteiger partial charge in [0.1, 0.15) is 6.54 Å². The van der Waals surface area contributed by atoms with Gasteiger partial charge in [-0.15, -0.1) is 5.10 Å². The van der Waals surface area contributed by atoms with Crippen LogP contribution in [0.2, 0.25) is 5.02 Å². The van der Waals surface area contributed by atoms with Gasteiger partial charge in [0.25, 0.3) is 0 Å². The summed E-state index contributed by atoms with van der Waals surface area (Å²) < 4.78 is 79.4. The largest absolute Gasteiger partial charge is 0.416 e. The zero-order chi connectivity index (χ0) is 28.5. The maximum absolute atomic E-state index is 13.1. The molecule has 0 radical (unpaired) electrons. The molecule has 3 N–H and O–H groups in total. The van der Waals surface area contributed by atoms with Crippen LogP contribution in [0.25, 0.3) is 11.4 Å². The standard InChI is InChI=1S/C23H21ClF6N4O4/c1-21(12-35,14-3-2-4-15(9-14)22(25,26)27)31-18(37)11-34-20(38)33(10-17(36)23(28,29)30)19(32-34)13-5-7-16(24)8-6-13/h2-9,17,35-36H,10-12H2,1H3,(H,31,37). The number of amides is 1. The maximum Gasteiger partial charge on any atom is 0.416 e. The summed E-state index contributed by atoms with van der Waals surface area (Å²) in [7, 11) is 0. The van der Waals surface area contributed by atoms with E-state index in [0.29, 0.717) is 9.25 Å². The Morgan fingerprint density at radius 1 is 1.08 bits per heavy atom. The fourth-order valence-electron chi connectivity index (χ4n) is 3.52. The van der Waals surface area contributed by atoms with Crippen LogP contribution in [0.4, 0.5) is 26.3 Å². The number of rotatable bonds is 8. The second-order valence-corrected chi connectivity index (χ2v) is 8.99. The Balaban J connectivity index is 1.94. The van der Waals surface area contributed by atoms with Crippen molar-refractivity contribution in [3.8, 4) is 11.4 Å². The Hall–Kier alpha value is -3.36. The molecule has 0 aliphatic heterocycles. The van der Waals surface area contributed by atoms with E-state index in [-0.39, 0.29) is 22.0 Å². The third-order valence-corrected chi connectivity index (χ3v) is 5.86. The van der Waals surface area contributed by atoms with Gasteiger partial charge in [-0.1, -0.05) is 23.7 Å². The first-order valence-electron chi connectivity index (χ1n) is 10.8. The molecule has 1 aromatic heterocycles. The van der Waals surface area contributed by atoms with E-state index in [1.54, 1.807) is 0 Å². The average molecular weight is 567 g/mol. The van der Waals surface area contributed by atoms with Gasteiger partial charge in [-0.25, -0.2) is 9.48 Å². The van der Waals surface area contributed by atoms with Crippen LogP contribution in [0.15, 0.2) is 53.3 Å². The number of aliphatic hydroxyl groups excluding tert-OH is 2. The predicted octanol–water partition coefficient (Wildman–Crippen LogP) is 3.33. The highest BCUT2D eigenvalue weighted by Gasteiger charge is 2.39. The lowest BCUT2D eigenvalue weighted by Gasteiger charge is -2.30. The Kier molecular flexibility index (Phi) is 8.29. The Morgan fingerprint density at radius 2 is 1.68 bits per heavy atom. The van der Waals surface area contributed by atoms with Gasteiger partial charge in [-0.3, -0.25) is 9.36 Å². The summed E-state index contributed by atoms with van der Waals surface area (Å²) in [5.41, 5.74) is -3.83. The van der Waals surface area contributed by atoms with E-state index >= 15 is 0 Å². The molecule has 8 nitrogen and oxygen atoms in total. The molecule has 0 aliphatic carbocycles. The summed E-state index contributed by atoms with van der Waals surface area (Å²) in [5, 5.41) is 26.0. The van der Waals surface area contributed by atoms with Gasteiger partial charge in [-0.2, -0.15) is 26.3 Å². The highest BCUT2D eigenvalue weighted by molar-refractivity contribution is 6.30. The number of nitrogens with one attached hydrogen (secondary N) is 1. The number of halogens is 7. The van der Waals surface area contributed by atoms with E-state index in [2.05, 4.69) is 10.4 Å². The highest BCUT2D eigenvalue weighted by atomic mass is 35.5. The fourth-order valence-corrected chi connectivity index (χ4v) is 3.65. The fraction of sp³-hybridized carbons (Fsp3) is 0.348. The molecule has 3 rings (SSSR count). The first-order valence-corrected chi connectivity index (χ1v) is 11.2. The second kappa shape index (κ2) is 10.8. The molecule has 0 spiro atoms. The van der Waals surface area contributed by atoms with Crippen molar-refractivity contribution in [3.05, 3.63) is 75.2 Å². The van der Waals surface area contributed by atoms with Gasteiger partial charge in [0, 0.05) is 10.6 Å². The van der Waals surface area contributed by atoms with Crippen molar-refractivity contribution in [2.24, 2.45) is 0 Å². The lowest BCUT2D eigenvalue weighted by Crippen LogP contribution is -2.48. The van der Waals surface area contributed by atoms with Gasteiger partial charge in [0.2, 0.25) is 5.91 Å². The van der Waals surface area contributed by atoms with Crippen molar-refractivity contribution in [1.82, 2.24) is 19.7 Å². The van der Waals surface area contributed by atoms with Gasteiger partial charge in [0.05, 0.1) is 24.3 Å². The van der Waals surface area contributed by atoms with Crippen LogP contribution in [0.5, 0.6) is 0 Å². The highest BCUT2D eigenvalue weighted by Crippen LogP contribution is 2.32. The number of carbonyl (C=O) groups excluding carboxylic acids is 1. The van der Waals surface area contributed by atoms with E-state index in [1.165, 1.54) is 37.3 Å². The molecule has 0 aliphatic rings. The molecule has 0 fully saturated rings. The summed E-state index contributed by atoms with van der Waals surface area (Å²) in [4.78, 5) is 25.7.